The van der Waals surface area contributed by atoms with Gasteiger partial charge in [-0.1, -0.05) is 49.2 Å². The molecule has 1 aromatic rings. The van der Waals surface area contributed by atoms with Crippen LogP contribution in [0.1, 0.15) is 49.7 Å². The summed E-state index contributed by atoms with van der Waals surface area (Å²) >= 11 is 1.39. The molecule has 5 nitrogen and oxygen atoms in total. The molecule has 1 heterocycles. The molecular formula is C19H25N3O2S. The fourth-order valence-corrected chi connectivity index (χ4v) is 4.39. The van der Waals surface area contributed by atoms with Crippen LogP contribution in [0.15, 0.2) is 23.2 Å². The zero-order valence-corrected chi connectivity index (χ0v) is 15.6. The highest BCUT2D eigenvalue weighted by atomic mass is 32.2. The number of hydrogen-bond donors (Lipinski definition) is 2. The molecule has 2 N–H and O–H groups in total. The lowest BCUT2D eigenvalue weighted by atomic mass is 9.96. The van der Waals surface area contributed by atoms with Gasteiger partial charge in [-0.2, -0.15) is 0 Å². The van der Waals surface area contributed by atoms with Crippen LogP contribution in [0.5, 0.6) is 0 Å². The smallest absolute Gasteiger partial charge is 0.240 e. The lowest BCUT2D eigenvalue weighted by Gasteiger charge is -2.17. The number of thioether (sulfide) groups is 1. The number of benzene rings is 1. The third-order valence-corrected chi connectivity index (χ3v) is 5.86. The summed E-state index contributed by atoms with van der Waals surface area (Å²) in [4.78, 5) is 29.2. The predicted molar refractivity (Wildman–Crippen MR) is 103 cm³/mol. The predicted octanol–water partition coefficient (Wildman–Crippen LogP) is 3.55. The van der Waals surface area contributed by atoms with Crippen LogP contribution in [-0.2, 0) is 9.59 Å². The second kappa shape index (κ2) is 8.04. The number of para-hydroxylation sites is 1. The first-order chi connectivity index (χ1) is 12.0. The summed E-state index contributed by atoms with van der Waals surface area (Å²) in [6.07, 6.45) is 6.05. The molecule has 1 aliphatic heterocycles. The number of nitrogens with one attached hydrogen (secondary N) is 2. The number of amidine groups is 1. The molecule has 1 aliphatic carbocycles. The van der Waals surface area contributed by atoms with Crippen molar-refractivity contribution in [1.29, 1.82) is 0 Å². The highest BCUT2D eigenvalue weighted by Crippen LogP contribution is 2.27. The van der Waals surface area contributed by atoms with E-state index in [1.165, 1.54) is 31.0 Å². The summed E-state index contributed by atoms with van der Waals surface area (Å²) in [5.41, 5.74) is 2.89. The van der Waals surface area contributed by atoms with Gasteiger partial charge in [-0.25, -0.2) is 0 Å². The summed E-state index contributed by atoms with van der Waals surface area (Å²) in [7, 11) is 0. The van der Waals surface area contributed by atoms with E-state index in [0.717, 1.165) is 29.7 Å². The number of aryl methyl sites for hydroxylation is 2. The van der Waals surface area contributed by atoms with Crippen molar-refractivity contribution in [2.75, 3.05) is 5.32 Å². The van der Waals surface area contributed by atoms with Crippen LogP contribution in [0, 0.1) is 13.8 Å². The minimum atomic E-state index is -0.397. The summed E-state index contributed by atoms with van der Waals surface area (Å²) in [5.74, 6) is -0.250. The van der Waals surface area contributed by atoms with Crippen molar-refractivity contribution < 1.29 is 9.59 Å². The Morgan fingerprint density at radius 1 is 1.24 bits per heavy atom. The van der Waals surface area contributed by atoms with Crippen LogP contribution in [0.4, 0.5) is 5.69 Å². The fraction of sp³-hybridized carbons (Fsp3) is 0.526. The first kappa shape index (κ1) is 18.0. The number of rotatable bonds is 4. The van der Waals surface area contributed by atoms with E-state index in [1.807, 2.05) is 32.0 Å². The lowest BCUT2D eigenvalue weighted by Crippen LogP contribution is -2.28. The molecule has 6 heteroatoms. The maximum atomic E-state index is 12.4. The minimum absolute atomic E-state index is 0.115. The number of amides is 2. The highest BCUT2D eigenvalue weighted by molar-refractivity contribution is 8.15. The molecule has 1 saturated heterocycles. The zero-order valence-electron chi connectivity index (χ0n) is 14.8. The molecule has 1 aromatic carbocycles. The van der Waals surface area contributed by atoms with Crippen molar-refractivity contribution >= 4 is 34.4 Å². The van der Waals surface area contributed by atoms with E-state index in [0.29, 0.717) is 11.2 Å². The molecule has 134 valence electrons. The van der Waals surface area contributed by atoms with E-state index >= 15 is 0 Å². The number of hydrogen-bond acceptors (Lipinski definition) is 4. The summed E-state index contributed by atoms with van der Waals surface area (Å²) in [6, 6.07) is 6.22. The topological polar surface area (TPSA) is 70.6 Å². The van der Waals surface area contributed by atoms with E-state index in [-0.39, 0.29) is 18.2 Å². The van der Waals surface area contributed by atoms with Gasteiger partial charge in [0.05, 0.1) is 6.04 Å². The van der Waals surface area contributed by atoms with Crippen molar-refractivity contribution in [2.45, 2.75) is 63.7 Å². The third kappa shape index (κ3) is 4.63. The van der Waals surface area contributed by atoms with Gasteiger partial charge >= 0.3 is 0 Å². The first-order valence-corrected chi connectivity index (χ1v) is 9.82. The van der Waals surface area contributed by atoms with E-state index in [2.05, 4.69) is 15.6 Å². The molecule has 3 rings (SSSR count). The molecule has 1 atom stereocenters. The quantitative estimate of drug-likeness (QED) is 0.864. The summed E-state index contributed by atoms with van der Waals surface area (Å²) in [5, 5.41) is 6.07. The van der Waals surface area contributed by atoms with Crippen molar-refractivity contribution in [3.8, 4) is 0 Å². The van der Waals surface area contributed by atoms with Gasteiger partial charge in [-0.05, 0) is 37.8 Å². The van der Waals surface area contributed by atoms with Gasteiger partial charge < -0.3 is 10.6 Å². The van der Waals surface area contributed by atoms with Crippen LogP contribution in [0.2, 0.25) is 0 Å². The van der Waals surface area contributed by atoms with Gasteiger partial charge in [-0.3, -0.25) is 14.6 Å². The van der Waals surface area contributed by atoms with Crippen LogP contribution in [-0.4, -0.2) is 28.3 Å². The van der Waals surface area contributed by atoms with Gasteiger partial charge in [0.25, 0.3) is 0 Å². The number of carbonyl (C=O) groups excluding carboxylic acids is 2. The Bertz CT molecular complexity index is 676. The molecule has 0 spiro atoms. The second-order valence-electron chi connectivity index (χ2n) is 6.84. The van der Waals surface area contributed by atoms with Crippen LogP contribution in [0.3, 0.4) is 0 Å². The Morgan fingerprint density at radius 3 is 2.60 bits per heavy atom. The van der Waals surface area contributed by atoms with E-state index in [1.54, 1.807) is 0 Å². The average molecular weight is 359 g/mol. The molecule has 0 aromatic heterocycles. The van der Waals surface area contributed by atoms with Gasteiger partial charge in [0, 0.05) is 12.1 Å². The maximum absolute atomic E-state index is 12.4. The van der Waals surface area contributed by atoms with Gasteiger partial charge in [-0.15, -0.1) is 0 Å². The number of nitrogens with zero attached hydrogens (tertiary/aromatic N) is 1. The van der Waals surface area contributed by atoms with Crippen molar-refractivity contribution in [1.82, 2.24) is 5.32 Å². The molecule has 0 unspecified atom stereocenters. The molecule has 1 saturated carbocycles. The van der Waals surface area contributed by atoms with Crippen LogP contribution >= 0.6 is 11.8 Å². The maximum Gasteiger partial charge on any atom is 0.240 e. The minimum Gasteiger partial charge on any atom is -0.326 e. The van der Waals surface area contributed by atoms with E-state index in [4.69, 9.17) is 0 Å². The highest BCUT2D eigenvalue weighted by Gasteiger charge is 2.32. The Morgan fingerprint density at radius 2 is 1.92 bits per heavy atom. The zero-order chi connectivity index (χ0) is 17.8. The van der Waals surface area contributed by atoms with Crippen LogP contribution in [0.25, 0.3) is 0 Å². The monoisotopic (exact) mass is 359 g/mol. The van der Waals surface area contributed by atoms with Crippen molar-refractivity contribution in [2.24, 2.45) is 4.99 Å². The Kier molecular flexibility index (Phi) is 5.78. The fourth-order valence-electron chi connectivity index (χ4n) is 3.35. The Hall–Kier alpha value is -1.82. The second-order valence-corrected chi connectivity index (χ2v) is 8.03. The normalized spacial score (nSPS) is 22.9. The molecule has 0 bridgehead atoms. The summed E-state index contributed by atoms with van der Waals surface area (Å²) in [6.45, 7) is 3.93. The molecular weight excluding hydrogens is 334 g/mol. The first-order valence-electron chi connectivity index (χ1n) is 8.94. The standard InChI is InChI=1S/C19H25N3O2S/c1-12-7-6-8-13(2)17(12)21-16(23)11-15-18(24)22-19(25-15)20-14-9-4-3-5-10-14/h6-8,14-15H,3-5,9-11H2,1-2H3,(H,21,23)(H,20,22,24)/t15-/m1/s1. The average Bonchev–Trinajstić information content (AvgIpc) is 2.91. The van der Waals surface area contributed by atoms with Crippen molar-refractivity contribution in [3.63, 3.8) is 0 Å². The molecule has 2 aliphatic rings. The molecule has 0 radical (unpaired) electrons. The number of carbonyl (C=O) groups is 2. The molecule has 2 fully saturated rings. The lowest BCUT2D eigenvalue weighted by molar-refractivity contribution is -0.122. The van der Waals surface area contributed by atoms with Gasteiger partial charge in [0.2, 0.25) is 11.8 Å². The van der Waals surface area contributed by atoms with E-state index < -0.39 is 5.25 Å². The Balaban J connectivity index is 1.58. The van der Waals surface area contributed by atoms with E-state index in [9.17, 15) is 9.59 Å². The largest absolute Gasteiger partial charge is 0.326 e. The summed E-state index contributed by atoms with van der Waals surface area (Å²) < 4.78 is 0. The van der Waals surface area contributed by atoms with Crippen molar-refractivity contribution in [3.05, 3.63) is 29.3 Å². The molecule has 25 heavy (non-hydrogen) atoms. The van der Waals surface area contributed by atoms with Crippen LogP contribution < -0.4 is 10.6 Å². The SMILES string of the molecule is Cc1cccc(C)c1NC(=O)C[C@H]1SC(=NC2CCCCC2)NC1=O. The number of anilines is 1. The third-order valence-electron chi connectivity index (χ3n) is 4.77. The number of aliphatic imine (C=N–C) groups is 1. The van der Waals surface area contributed by atoms with Gasteiger partial charge in [0.1, 0.15) is 5.25 Å². The Labute approximate surface area is 153 Å². The van der Waals surface area contributed by atoms with Gasteiger partial charge in [0.15, 0.2) is 5.17 Å². The molecule has 2 amide bonds.